The van der Waals surface area contributed by atoms with Crippen LogP contribution in [0.2, 0.25) is 0 Å². The number of hydrogen-bond donors (Lipinski definition) is 1. The van der Waals surface area contributed by atoms with Crippen LogP contribution in [0.3, 0.4) is 0 Å². The Kier molecular flexibility index (Phi) is 8.11. The predicted octanol–water partition coefficient (Wildman–Crippen LogP) is 6.65. The molecule has 0 unspecified atom stereocenters. The van der Waals surface area contributed by atoms with E-state index in [1.807, 2.05) is 104 Å². The lowest BCUT2D eigenvalue weighted by Crippen LogP contribution is -2.20. The summed E-state index contributed by atoms with van der Waals surface area (Å²) < 4.78 is 17.2. The molecule has 0 atom stereocenters. The number of aliphatic imine (C=N–C) groups is 1. The van der Waals surface area contributed by atoms with E-state index in [1.165, 1.54) is 0 Å². The minimum absolute atomic E-state index is 0.125. The standard InChI is InChI=1S/C29H26N2O4/c1-2-33-28-19-22(13-18-27(28)34-21-29(32)31-24-9-5-3-6-10-24)20-30-23-14-16-26(17-15-23)35-25-11-7-4-8-12-25/h3-20H,2,21H2,1H3,(H,31,32). The van der Waals surface area contributed by atoms with Crippen LogP contribution in [-0.4, -0.2) is 25.3 Å². The Morgan fingerprint density at radius 2 is 1.49 bits per heavy atom. The summed E-state index contributed by atoms with van der Waals surface area (Å²) in [5.74, 6) is 2.33. The SMILES string of the molecule is CCOc1cc(C=Nc2ccc(Oc3ccccc3)cc2)ccc1OCC(=O)Nc1ccccc1. The lowest BCUT2D eigenvalue weighted by molar-refractivity contribution is -0.118. The fourth-order valence-electron chi connectivity index (χ4n) is 3.23. The van der Waals surface area contributed by atoms with E-state index < -0.39 is 0 Å². The van der Waals surface area contributed by atoms with E-state index in [2.05, 4.69) is 10.3 Å². The van der Waals surface area contributed by atoms with Crippen molar-refractivity contribution in [1.82, 2.24) is 0 Å². The summed E-state index contributed by atoms with van der Waals surface area (Å²) in [6.07, 6.45) is 1.75. The van der Waals surface area contributed by atoms with E-state index in [0.29, 0.717) is 18.1 Å². The van der Waals surface area contributed by atoms with Gasteiger partial charge in [0.1, 0.15) is 11.5 Å². The first-order valence-corrected chi connectivity index (χ1v) is 11.3. The number of benzene rings is 4. The minimum Gasteiger partial charge on any atom is -0.490 e. The second-order valence-corrected chi connectivity index (χ2v) is 7.51. The summed E-state index contributed by atoms with van der Waals surface area (Å²) in [4.78, 5) is 16.7. The summed E-state index contributed by atoms with van der Waals surface area (Å²) in [5, 5.41) is 2.80. The maximum atomic E-state index is 12.2. The Hall–Kier alpha value is -4.58. The van der Waals surface area contributed by atoms with Crippen molar-refractivity contribution in [2.45, 2.75) is 6.92 Å². The second-order valence-electron chi connectivity index (χ2n) is 7.51. The summed E-state index contributed by atoms with van der Waals surface area (Å²) in [5.41, 5.74) is 2.36. The summed E-state index contributed by atoms with van der Waals surface area (Å²) >= 11 is 0. The van der Waals surface area contributed by atoms with Crippen molar-refractivity contribution in [3.05, 3.63) is 109 Å². The van der Waals surface area contributed by atoms with Gasteiger partial charge < -0.3 is 19.5 Å². The molecule has 4 aromatic rings. The molecular formula is C29H26N2O4. The van der Waals surface area contributed by atoms with Crippen molar-refractivity contribution in [3.8, 4) is 23.0 Å². The van der Waals surface area contributed by atoms with Gasteiger partial charge in [0.15, 0.2) is 18.1 Å². The fraction of sp³-hybridized carbons (Fsp3) is 0.103. The largest absolute Gasteiger partial charge is 0.490 e. The number of carbonyl (C=O) groups is 1. The molecule has 0 aliphatic carbocycles. The number of amides is 1. The minimum atomic E-state index is -0.246. The number of ether oxygens (including phenoxy) is 3. The van der Waals surface area contributed by atoms with Gasteiger partial charge in [0.25, 0.3) is 5.91 Å². The lowest BCUT2D eigenvalue weighted by Gasteiger charge is -2.12. The van der Waals surface area contributed by atoms with E-state index in [9.17, 15) is 4.79 Å². The van der Waals surface area contributed by atoms with Crippen molar-refractivity contribution < 1.29 is 19.0 Å². The smallest absolute Gasteiger partial charge is 0.262 e. The highest BCUT2D eigenvalue weighted by Crippen LogP contribution is 2.29. The zero-order valence-corrected chi connectivity index (χ0v) is 19.4. The third kappa shape index (κ3) is 7.20. The molecule has 0 saturated heterocycles. The highest BCUT2D eigenvalue weighted by molar-refractivity contribution is 5.91. The average molecular weight is 467 g/mol. The Morgan fingerprint density at radius 3 is 2.20 bits per heavy atom. The Morgan fingerprint density at radius 1 is 0.800 bits per heavy atom. The van der Waals surface area contributed by atoms with Crippen molar-refractivity contribution in [2.75, 3.05) is 18.5 Å². The second kappa shape index (κ2) is 12.0. The van der Waals surface area contributed by atoms with E-state index in [4.69, 9.17) is 14.2 Å². The van der Waals surface area contributed by atoms with E-state index in [-0.39, 0.29) is 12.5 Å². The van der Waals surface area contributed by atoms with Crippen LogP contribution in [0.4, 0.5) is 11.4 Å². The number of nitrogens with zero attached hydrogens (tertiary/aromatic N) is 1. The maximum absolute atomic E-state index is 12.2. The Balaban J connectivity index is 1.37. The Bertz CT molecular complexity index is 1260. The van der Waals surface area contributed by atoms with Gasteiger partial charge in [-0.2, -0.15) is 0 Å². The number of hydrogen-bond acceptors (Lipinski definition) is 5. The normalized spacial score (nSPS) is 10.7. The third-order valence-electron chi connectivity index (χ3n) is 4.86. The zero-order chi connectivity index (χ0) is 24.3. The average Bonchev–Trinajstić information content (AvgIpc) is 2.89. The van der Waals surface area contributed by atoms with Gasteiger partial charge >= 0.3 is 0 Å². The molecule has 35 heavy (non-hydrogen) atoms. The summed E-state index contributed by atoms with van der Waals surface area (Å²) in [7, 11) is 0. The molecule has 0 aromatic heterocycles. The van der Waals surface area contributed by atoms with Gasteiger partial charge in [-0.1, -0.05) is 36.4 Å². The molecule has 0 saturated carbocycles. The molecule has 176 valence electrons. The number of para-hydroxylation sites is 2. The van der Waals surface area contributed by atoms with Gasteiger partial charge in [-0.25, -0.2) is 0 Å². The maximum Gasteiger partial charge on any atom is 0.262 e. The van der Waals surface area contributed by atoms with Crippen LogP contribution in [0.5, 0.6) is 23.0 Å². The van der Waals surface area contributed by atoms with Gasteiger partial charge in [-0.15, -0.1) is 0 Å². The van der Waals surface area contributed by atoms with E-state index >= 15 is 0 Å². The van der Waals surface area contributed by atoms with Crippen LogP contribution in [0, 0.1) is 0 Å². The number of rotatable bonds is 10. The number of carbonyl (C=O) groups excluding carboxylic acids is 1. The number of anilines is 1. The van der Waals surface area contributed by atoms with Crippen molar-refractivity contribution >= 4 is 23.5 Å². The third-order valence-corrected chi connectivity index (χ3v) is 4.86. The van der Waals surface area contributed by atoms with Gasteiger partial charge in [-0.3, -0.25) is 9.79 Å². The first-order chi connectivity index (χ1) is 17.2. The van der Waals surface area contributed by atoms with Crippen LogP contribution in [0.15, 0.2) is 108 Å². The molecule has 1 N–H and O–H groups in total. The first kappa shape index (κ1) is 23.6. The predicted molar refractivity (Wildman–Crippen MR) is 138 cm³/mol. The lowest BCUT2D eigenvalue weighted by atomic mass is 10.2. The topological polar surface area (TPSA) is 69.1 Å². The van der Waals surface area contributed by atoms with Gasteiger partial charge in [0.2, 0.25) is 0 Å². The monoisotopic (exact) mass is 466 g/mol. The van der Waals surface area contributed by atoms with Crippen molar-refractivity contribution in [1.29, 1.82) is 0 Å². The Labute approximate surface area is 204 Å². The molecule has 0 bridgehead atoms. The molecule has 4 aromatic carbocycles. The molecule has 0 spiro atoms. The van der Waals surface area contributed by atoms with E-state index in [1.54, 1.807) is 12.3 Å². The molecule has 6 heteroatoms. The molecule has 4 rings (SSSR count). The molecule has 0 heterocycles. The molecule has 0 fully saturated rings. The highest BCUT2D eigenvalue weighted by Gasteiger charge is 2.09. The summed E-state index contributed by atoms with van der Waals surface area (Å²) in [6.45, 7) is 2.24. The van der Waals surface area contributed by atoms with Crippen LogP contribution in [-0.2, 0) is 4.79 Å². The molecule has 0 aliphatic heterocycles. The first-order valence-electron chi connectivity index (χ1n) is 11.3. The molecule has 6 nitrogen and oxygen atoms in total. The van der Waals surface area contributed by atoms with Gasteiger partial charge in [-0.05, 0) is 79.2 Å². The molecule has 1 amide bonds. The van der Waals surface area contributed by atoms with Crippen LogP contribution >= 0.6 is 0 Å². The molecule has 0 aliphatic rings. The molecular weight excluding hydrogens is 440 g/mol. The van der Waals surface area contributed by atoms with Crippen LogP contribution < -0.4 is 19.5 Å². The zero-order valence-electron chi connectivity index (χ0n) is 19.4. The fourth-order valence-corrected chi connectivity index (χ4v) is 3.23. The summed E-state index contributed by atoms with van der Waals surface area (Å²) in [6, 6.07) is 31.9. The molecule has 0 radical (unpaired) electrons. The van der Waals surface area contributed by atoms with E-state index in [0.717, 1.165) is 28.4 Å². The van der Waals surface area contributed by atoms with Crippen molar-refractivity contribution in [2.24, 2.45) is 4.99 Å². The van der Waals surface area contributed by atoms with Crippen LogP contribution in [0.1, 0.15) is 12.5 Å². The van der Waals surface area contributed by atoms with Gasteiger partial charge in [0.05, 0.1) is 12.3 Å². The van der Waals surface area contributed by atoms with Crippen molar-refractivity contribution in [3.63, 3.8) is 0 Å². The quantitative estimate of drug-likeness (QED) is 0.266. The number of nitrogens with one attached hydrogen (secondary N) is 1. The van der Waals surface area contributed by atoms with Crippen LogP contribution in [0.25, 0.3) is 0 Å². The van der Waals surface area contributed by atoms with Gasteiger partial charge in [0, 0.05) is 11.9 Å². The highest BCUT2D eigenvalue weighted by atomic mass is 16.5.